The summed E-state index contributed by atoms with van der Waals surface area (Å²) in [5.41, 5.74) is 1.06. The number of benzene rings is 1. The summed E-state index contributed by atoms with van der Waals surface area (Å²) in [5, 5.41) is 10.1. The molecule has 0 bridgehead atoms. The number of carbonyl (C=O) groups excluding carboxylic acids is 1. The van der Waals surface area contributed by atoms with Crippen LogP contribution in [-0.2, 0) is 11.2 Å². The van der Waals surface area contributed by atoms with E-state index in [4.69, 9.17) is 34.8 Å². The molecule has 0 aliphatic rings. The van der Waals surface area contributed by atoms with E-state index in [9.17, 15) is 4.79 Å². The zero-order valence-electron chi connectivity index (χ0n) is 9.01. The van der Waals surface area contributed by atoms with Gasteiger partial charge in [-0.25, -0.2) is 0 Å². The summed E-state index contributed by atoms with van der Waals surface area (Å²) in [6.07, 6.45) is 1.74. The van der Waals surface area contributed by atoms with Crippen LogP contribution in [0.4, 0.5) is 5.69 Å². The number of aromatic nitrogens is 2. The lowest BCUT2D eigenvalue weighted by molar-refractivity contribution is -0.115. The molecule has 0 atom stereocenters. The van der Waals surface area contributed by atoms with Crippen LogP contribution in [0.3, 0.4) is 0 Å². The molecule has 0 fully saturated rings. The van der Waals surface area contributed by atoms with Gasteiger partial charge in [0.25, 0.3) is 0 Å². The fourth-order valence-corrected chi connectivity index (χ4v) is 2.31. The van der Waals surface area contributed by atoms with Gasteiger partial charge in [-0.05, 0) is 18.2 Å². The van der Waals surface area contributed by atoms with Crippen molar-refractivity contribution in [2.75, 3.05) is 5.32 Å². The average Bonchev–Trinajstić information content (AvgIpc) is 2.76. The van der Waals surface area contributed by atoms with Crippen LogP contribution in [0.2, 0.25) is 15.1 Å². The van der Waals surface area contributed by atoms with Crippen molar-refractivity contribution in [2.45, 2.75) is 6.42 Å². The summed E-state index contributed by atoms with van der Waals surface area (Å²) in [4.78, 5) is 11.8. The van der Waals surface area contributed by atoms with Gasteiger partial charge in [0, 0.05) is 16.9 Å². The Hall–Kier alpha value is -1.23. The number of aromatic amines is 1. The fraction of sp³-hybridized carbons (Fsp3) is 0.0909. The van der Waals surface area contributed by atoms with Gasteiger partial charge < -0.3 is 5.32 Å². The van der Waals surface area contributed by atoms with Gasteiger partial charge in [-0.1, -0.05) is 34.8 Å². The van der Waals surface area contributed by atoms with Crippen molar-refractivity contribution in [1.82, 2.24) is 10.2 Å². The second-order valence-electron chi connectivity index (χ2n) is 3.55. The predicted octanol–water partition coefficient (Wildman–Crippen LogP) is 3.55. The molecule has 1 heterocycles. The van der Waals surface area contributed by atoms with Crippen LogP contribution in [0.5, 0.6) is 0 Å². The molecule has 0 saturated carbocycles. The smallest absolute Gasteiger partial charge is 0.230 e. The Bertz CT molecular complexity index is 546. The van der Waals surface area contributed by atoms with Crippen molar-refractivity contribution in [3.8, 4) is 0 Å². The zero-order valence-corrected chi connectivity index (χ0v) is 11.3. The first-order chi connectivity index (χ1) is 8.56. The maximum Gasteiger partial charge on any atom is 0.230 e. The summed E-state index contributed by atoms with van der Waals surface area (Å²) in [6.45, 7) is 0. The van der Waals surface area contributed by atoms with Crippen molar-refractivity contribution in [2.24, 2.45) is 0 Å². The standard InChI is InChI=1S/C11H8Cl3N3O/c12-6-3-8(13)11(9(14)4-6)16-10(18)5-7-1-2-15-17-7/h1-4H,5H2,(H,15,17)(H,16,18). The van der Waals surface area contributed by atoms with Gasteiger partial charge in [-0.15, -0.1) is 0 Å². The summed E-state index contributed by atoms with van der Waals surface area (Å²) < 4.78 is 0. The first-order valence-corrected chi connectivity index (χ1v) is 6.12. The van der Waals surface area contributed by atoms with Gasteiger partial charge in [0.05, 0.1) is 22.2 Å². The van der Waals surface area contributed by atoms with E-state index < -0.39 is 0 Å². The third-order valence-corrected chi connectivity index (χ3v) is 3.00. The summed E-state index contributed by atoms with van der Waals surface area (Å²) >= 11 is 17.7. The number of hydrogen-bond acceptors (Lipinski definition) is 2. The highest BCUT2D eigenvalue weighted by Gasteiger charge is 2.12. The largest absolute Gasteiger partial charge is 0.323 e. The average molecular weight is 305 g/mol. The number of halogens is 3. The highest BCUT2D eigenvalue weighted by Crippen LogP contribution is 2.33. The van der Waals surface area contributed by atoms with Crippen LogP contribution in [0.1, 0.15) is 5.69 Å². The van der Waals surface area contributed by atoms with Crippen LogP contribution in [0.15, 0.2) is 24.4 Å². The number of hydrogen-bond donors (Lipinski definition) is 2. The molecule has 1 aromatic heterocycles. The van der Waals surface area contributed by atoms with Crippen molar-refractivity contribution in [3.05, 3.63) is 45.2 Å². The van der Waals surface area contributed by atoms with E-state index in [1.807, 2.05) is 0 Å². The summed E-state index contributed by atoms with van der Waals surface area (Å²) in [5.74, 6) is -0.245. The van der Waals surface area contributed by atoms with E-state index in [2.05, 4.69) is 15.5 Å². The van der Waals surface area contributed by atoms with Crippen molar-refractivity contribution >= 4 is 46.4 Å². The van der Waals surface area contributed by atoms with Crippen LogP contribution in [0.25, 0.3) is 0 Å². The van der Waals surface area contributed by atoms with Crippen LogP contribution in [0, 0.1) is 0 Å². The lowest BCUT2D eigenvalue weighted by atomic mass is 10.2. The van der Waals surface area contributed by atoms with E-state index in [-0.39, 0.29) is 12.3 Å². The van der Waals surface area contributed by atoms with Crippen molar-refractivity contribution < 1.29 is 4.79 Å². The minimum Gasteiger partial charge on any atom is -0.323 e. The van der Waals surface area contributed by atoms with E-state index in [0.29, 0.717) is 26.4 Å². The van der Waals surface area contributed by atoms with E-state index in [0.717, 1.165) is 0 Å². The van der Waals surface area contributed by atoms with Gasteiger partial charge in [0.2, 0.25) is 5.91 Å². The van der Waals surface area contributed by atoms with Gasteiger partial charge >= 0.3 is 0 Å². The Labute approximate surface area is 118 Å². The Morgan fingerprint density at radius 2 is 1.94 bits per heavy atom. The minimum atomic E-state index is -0.245. The molecule has 18 heavy (non-hydrogen) atoms. The number of rotatable bonds is 3. The topological polar surface area (TPSA) is 57.8 Å². The molecule has 4 nitrogen and oxygen atoms in total. The number of anilines is 1. The van der Waals surface area contributed by atoms with Gasteiger partial charge in [0.15, 0.2) is 0 Å². The number of nitrogens with one attached hydrogen (secondary N) is 2. The molecule has 0 saturated heterocycles. The van der Waals surface area contributed by atoms with Gasteiger partial charge in [-0.3, -0.25) is 9.89 Å². The number of H-pyrrole nitrogens is 1. The minimum absolute atomic E-state index is 0.162. The molecule has 7 heteroatoms. The second kappa shape index (κ2) is 5.61. The van der Waals surface area contributed by atoms with Gasteiger partial charge in [0.1, 0.15) is 0 Å². The predicted molar refractivity (Wildman–Crippen MR) is 72.4 cm³/mol. The molecule has 94 valence electrons. The normalized spacial score (nSPS) is 10.4. The monoisotopic (exact) mass is 303 g/mol. The quantitative estimate of drug-likeness (QED) is 0.911. The molecule has 2 N–H and O–H groups in total. The lowest BCUT2D eigenvalue weighted by Crippen LogP contribution is -2.15. The third-order valence-electron chi connectivity index (χ3n) is 2.18. The van der Waals surface area contributed by atoms with E-state index >= 15 is 0 Å². The highest BCUT2D eigenvalue weighted by molar-refractivity contribution is 6.42. The summed E-state index contributed by atoms with van der Waals surface area (Å²) in [6, 6.07) is 4.74. The lowest BCUT2D eigenvalue weighted by Gasteiger charge is -2.09. The van der Waals surface area contributed by atoms with E-state index in [1.54, 1.807) is 12.3 Å². The Morgan fingerprint density at radius 1 is 1.28 bits per heavy atom. The SMILES string of the molecule is O=C(Cc1ccn[nH]1)Nc1c(Cl)cc(Cl)cc1Cl. The molecule has 1 amide bonds. The first-order valence-electron chi connectivity index (χ1n) is 4.99. The zero-order chi connectivity index (χ0) is 13.1. The third kappa shape index (κ3) is 3.16. The Kier molecular flexibility index (Phi) is 4.11. The van der Waals surface area contributed by atoms with Crippen LogP contribution < -0.4 is 5.32 Å². The molecule has 0 aliphatic heterocycles. The van der Waals surface area contributed by atoms with Gasteiger partial charge in [-0.2, -0.15) is 5.10 Å². The maximum absolute atomic E-state index is 11.8. The molecule has 0 radical (unpaired) electrons. The van der Waals surface area contributed by atoms with Crippen molar-refractivity contribution in [1.29, 1.82) is 0 Å². The Morgan fingerprint density at radius 3 is 2.50 bits per heavy atom. The van der Waals surface area contributed by atoms with Crippen LogP contribution in [-0.4, -0.2) is 16.1 Å². The highest BCUT2D eigenvalue weighted by atomic mass is 35.5. The van der Waals surface area contributed by atoms with Crippen LogP contribution >= 0.6 is 34.8 Å². The molecule has 0 aliphatic carbocycles. The van der Waals surface area contributed by atoms with Crippen molar-refractivity contribution in [3.63, 3.8) is 0 Å². The first kappa shape index (κ1) is 13.2. The molecule has 0 spiro atoms. The van der Waals surface area contributed by atoms with E-state index in [1.165, 1.54) is 12.1 Å². The molecular formula is C11H8Cl3N3O. The maximum atomic E-state index is 11.8. The molecule has 2 rings (SSSR count). The number of amides is 1. The Balaban J connectivity index is 2.12. The number of nitrogens with zero attached hydrogens (tertiary/aromatic N) is 1. The summed E-state index contributed by atoms with van der Waals surface area (Å²) in [7, 11) is 0. The molecule has 0 unspecified atom stereocenters. The molecular weight excluding hydrogens is 296 g/mol. The second-order valence-corrected chi connectivity index (χ2v) is 4.80. The molecule has 1 aromatic carbocycles. The molecule has 2 aromatic rings. The fourth-order valence-electron chi connectivity index (χ4n) is 1.40. The number of carbonyl (C=O) groups is 1.